The second-order valence-electron chi connectivity index (χ2n) is 10.4. The standard InChI is InChI=1S/C32H32BrFN4O4S2/c1-4-29(41-12-13-44(39,40)20(2)3)32-38-28(18-43-32)22-8-10-27-25(15-22)31(36-19-35-27)37-24-9-11-30(26(33)16-24)42-17-21-6-5-7-23(34)14-21/h5-11,14-16,18-20,29H,4,12-13,17H2,1-3H3,(H,35,36,37). The summed E-state index contributed by atoms with van der Waals surface area (Å²) in [6, 6.07) is 17.8. The molecule has 0 spiro atoms. The molecule has 1 N–H and O–H groups in total. The molecule has 3 aromatic carbocycles. The summed E-state index contributed by atoms with van der Waals surface area (Å²) in [4.78, 5) is 13.8. The minimum Gasteiger partial charge on any atom is -0.488 e. The minimum absolute atomic E-state index is 0.0128. The van der Waals surface area contributed by atoms with Gasteiger partial charge in [0, 0.05) is 22.0 Å². The first-order valence-electron chi connectivity index (χ1n) is 14.1. The largest absolute Gasteiger partial charge is 0.488 e. The molecule has 1 unspecified atom stereocenters. The summed E-state index contributed by atoms with van der Waals surface area (Å²) in [7, 11) is -3.17. The van der Waals surface area contributed by atoms with Gasteiger partial charge in [-0.3, -0.25) is 0 Å². The van der Waals surface area contributed by atoms with Crippen LogP contribution in [-0.4, -0.2) is 41.0 Å². The number of fused-ring (bicyclic) bond motifs is 1. The number of hydrogen-bond donors (Lipinski definition) is 1. The molecule has 8 nitrogen and oxygen atoms in total. The van der Waals surface area contributed by atoms with Gasteiger partial charge in [-0.15, -0.1) is 11.3 Å². The molecule has 0 aliphatic heterocycles. The molecule has 5 rings (SSSR count). The van der Waals surface area contributed by atoms with E-state index in [0.717, 1.165) is 42.9 Å². The third-order valence-electron chi connectivity index (χ3n) is 6.98. The topological polar surface area (TPSA) is 103 Å². The van der Waals surface area contributed by atoms with Crippen LogP contribution in [0.3, 0.4) is 0 Å². The van der Waals surface area contributed by atoms with Crippen molar-refractivity contribution in [3.05, 3.63) is 93.2 Å². The van der Waals surface area contributed by atoms with Crippen molar-refractivity contribution in [2.45, 2.75) is 45.2 Å². The lowest BCUT2D eigenvalue weighted by atomic mass is 10.1. The molecule has 0 aliphatic carbocycles. The van der Waals surface area contributed by atoms with Crippen molar-refractivity contribution in [1.29, 1.82) is 0 Å². The zero-order valence-corrected chi connectivity index (χ0v) is 27.7. The van der Waals surface area contributed by atoms with Crippen molar-refractivity contribution >= 4 is 59.5 Å². The third-order valence-corrected chi connectivity index (χ3v) is 10.7. The Morgan fingerprint density at radius 2 is 1.91 bits per heavy atom. The first-order valence-corrected chi connectivity index (χ1v) is 17.5. The van der Waals surface area contributed by atoms with E-state index in [1.807, 2.05) is 54.8 Å². The number of ether oxygens (including phenoxy) is 2. The molecular weight excluding hydrogens is 667 g/mol. The summed E-state index contributed by atoms with van der Waals surface area (Å²) in [5, 5.41) is 6.55. The van der Waals surface area contributed by atoms with Gasteiger partial charge in [0.15, 0.2) is 9.84 Å². The van der Waals surface area contributed by atoms with Crippen LogP contribution in [-0.2, 0) is 21.2 Å². The molecule has 2 aromatic heterocycles. The molecule has 44 heavy (non-hydrogen) atoms. The Morgan fingerprint density at radius 1 is 1.07 bits per heavy atom. The van der Waals surface area contributed by atoms with Gasteiger partial charge < -0.3 is 14.8 Å². The van der Waals surface area contributed by atoms with Crippen LogP contribution in [0.2, 0.25) is 0 Å². The first kappa shape index (κ1) is 32.0. The van der Waals surface area contributed by atoms with Gasteiger partial charge in [0.25, 0.3) is 0 Å². The SMILES string of the molecule is CCC(OCCS(=O)(=O)C(C)C)c1nc(-c2ccc3ncnc(Nc4ccc(OCc5cccc(F)c5)c(Br)c4)c3c2)cs1. The Morgan fingerprint density at radius 3 is 2.66 bits per heavy atom. The van der Waals surface area contributed by atoms with Crippen LogP contribution in [0.5, 0.6) is 5.75 Å². The summed E-state index contributed by atoms with van der Waals surface area (Å²) < 4.78 is 50.4. The predicted octanol–water partition coefficient (Wildman–Crippen LogP) is 8.27. The lowest BCUT2D eigenvalue weighted by molar-refractivity contribution is 0.0609. The molecule has 0 fully saturated rings. The lowest BCUT2D eigenvalue weighted by Gasteiger charge is -2.14. The Balaban J connectivity index is 1.30. The van der Waals surface area contributed by atoms with Crippen LogP contribution in [0.1, 0.15) is 43.9 Å². The maximum atomic E-state index is 13.5. The second kappa shape index (κ2) is 14.1. The van der Waals surface area contributed by atoms with Gasteiger partial charge in [-0.05, 0) is 84.2 Å². The summed E-state index contributed by atoms with van der Waals surface area (Å²) in [5.41, 5.74) is 4.00. The van der Waals surface area contributed by atoms with E-state index in [1.54, 1.807) is 19.9 Å². The number of halogens is 2. The van der Waals surface area contributed by atoms with Gasteiger partial charge in [0.05, 0.1) is 33.3 Å². The number of aromatic nitrogens is 3. The molecule has 0 bridgehead atoms. The van der Waals surface area contributed by atoms with E-state index in [4.69, 9.17) is 14.5 Å². The molecule has 0 saturated heterocycles. The van der Waals surface area contributed by atoms with E-state index >= 15 is 0 Å². The zero-order valence-electron chi connectivity index (χ0n) is 24.5. The van der Waals surface area contributed by atoms with Crippen LogP contribution in [0.15, 0.2) is 76.8 Å². The molecule has 2 heterocycles. The maximum absolute atomic E-state index is 13.5. The van der Waals surface area contributed by atoms with Gasteiger partial charge in [0.1, 0.15) is 41.4 Å². The number of rotatable bonds is 13. The normalized spacial score (nSPS) is 12.5. The van der Waals surface area contributed by atoms with E-state index in [-0.39, 0.29) is 30.9 Å². The second-order valence-corrected chi connectivity index (χ2v) is 14.8. The van der Waals surface area contributed by atoms with Crippen LogP contribution < -0.4 is 10.1 Å². The van der Waals surface area contributed by atoms with E-state index in [0.29, 0.717) is 18.0 Å². The summed E-state index contributed by atoms with van der Waals surface area (Å²) in [5.74, 6) is 0.950. The zero-order chi connectivity index (χ0) is 31.3. The van der Waals surface area contributed by atoms with Crippen molar-refractivity contribution in [3.63, 3.8) is 0 Å². The molecule has 0 radical (unpaired) electrons. The number of benzene rings is 3. The fourth-order valence-corrected chi connectivity index (χ4v) is 6.66. The molecule has 0 amide bonds. The van der Waals surface area contributed by atoms with Crippen molar-refractivity contribution in [2.24, 2.45) is 0 Å². The van der Waals surface area contributed by atoms with E-state index in [9.17, 15) is 12.8 Å². The first-order chi connectivity index (χ1) is 21.1. The van der Waals surface area contributed by atoms with Crippen LogP contribution in [0.25, 0.3) is 22.2 Å². The van der Waals surface area contributed by atoms with Crippen LogP contribution >= 0.6 is 27.3 Å². The highest BCUT2D eigenvalue weighted by molar-refractivity contribution is 9.10. The molecular formula is C32H32BrFN4O4S2. The fraction of sp³-hybridized carbons (Fsp3) is 0.281. The Hall–Kier alpha value is -3.45. The van der Waals surface area contributed by atoms with Crippen molar-refractivity contribution in [2.75, 3.05) is 17.7 Å². The van der Waals surface area contributed by atoms with Crippen molar-refractivity contribution in [1.82, 2.24) is 15.0 Å². The Bertz CT molecular complexity index is 1870. The number of sulfone groups is 1. The average Bonchev–Trinajstić information content (AvgIpc) is 3.49. The fourth-order valence-electron chi connectivity index (χ4n) is 4.41. The highest BCUT2D eigenvalue weighted by Crippen LogP contribution is 2.34. The highest BCUT2D eigenvalue weighted by atomic mass is 79.9. The number of anilines is 2. The smallest absolute Gasteiger partial charge is 0.154 e. The molecule has 12 heteroatoms. The minimum atomic E-state index is -3.17. The van der Waals surface area contributed by atoms with Crippen molar-refractivity contribution < 1.29 is 22.3 Å². The Labute approximate surface area is 268 Å². The monoisotopic (exact) mass is 698 g/mol. The number of hydrogen-bond acceptors (Lipinski definition) is 9. The highest BCUT2D eigenvalue weighted by Gasteiger charge is 2.20. The van der Waals surface area contributed by atoms with E-state index in [2.05, 4.69) is 31.2 Å². The van der Waals surface area contributed by atoms with Gasteiger partial charge in [-0.2, -0.15) is 0 Å². The molecule has 1 atom stereocenters. The van der Waals surface area contributed by atoms with Crippen LogP contribution in [0, 0.1) is 5.82 Å². The summed E-state index contributed by atoms with van der Waals surface area (Å²) >= 11 is 5.06. The van der Waals surface area contributed by atoms with E-state index < -0.39 is 15.1 Å². The maximum Gasteiger partial charge on any atom is 0.154 e. The number of nitrogens with one attached hydrogen (secondary N) is 1. The van der Waals surface area contributed by atoms with E-state index in [1.165, 1.54) is 29.8 Å². The Kier molecular flexibility index (Phi) is 10.2. The van der Waals surface area contributed by atoms with Gasteiger partial charge in [0.2, 0.25) is 0 Å². The third kappa shape index (κ3) is 7.79. The molecule has 0 aliphatic rings. The number of thiazole rings is 1. The summed E-state index contributed by atoms with van der Waals surface area (Å²) in [6.07, 6.45) is 1.91. The van der Waals surface area contributed by atoms with Gasteiger partial charge in [-0.25, -0.2) is 27.8 Å². The van der Waals surface area contributed by atoms with Gasteiger partial charge >= 0.3 is 0 Å². The summed E-state index contributed by atoms with van der Waals surface area (Å²) in [6.45, 7) is 5.73. The molecule has 230 valence electrons. The quantitative estimate of drug-likeness (QED) is 0.131. The molecule has 0 saturated carbocycles. The predicted molar refractivity (Wildman–Crippen MR) is 177 cm³/mol. The number of nitrogens with zero attached hydrogens (tertiary/aromatic N) is 3. The average molecular weight is 700 g/mol. The molecule has 5 aromatic rings. The van der Waals surface area contributed by atoms with Crippen molar-refractivity contribution in [3.8, 4) is 17.0 Å². The van der Waals surface area contributed by atoms with Gasteiger partial charge in [-0.1, -0.05) is 25.1 Å². The lowest BCUT2D eigenvalue weighted by Crippen LogP contribution is -2.21. The van der Waals surface area contributed by atoms with Crippen LogP contribution in [0.4, 0.5) is 15.9 Å².